The Morgan fingerprint density at radius 1 is 1.39 bits per heavy atom. The third-order valence-electron chi connectivity index (χ3n) is 2.79. The molecule has 2 aromatic rings. The molecule has 96 valence electrons. The molecule has 0 aliphatic carbocycles. The molecule has 0 fully saturated rings. The topological polar surface area (TPSA) is 38.1 Å². The van der Waals surface area contributed by atoms with E-state index in [1.807, 2.05) is 32.0 Å². The van der Waals surface area contributed by atoms with E-state index < -0.39 is 0 Å². The van der Waals surface area contributed by atoms with Crippen LogP contribution in [0, 0.1) is 12.7 Å². The van der Waals surface area contributed by atoms with E-state index in [2.05, 4.69) is 10.5 Å². The van der Waals surface area contributed by atoms with Gasteiger partial charge in [-0.05, 0) is 31.9 Å². The SMILES string of the molecule is Cc1cc(CNC(C)Cc2ccccc2F)on1. The third kappa shape index (κ3) is 3.40. The Labute approximate surface area is 106 Å². The van der Waals surface area contributed by atoms with Crippen LogP contribution in [0.2, 0.25) is 0 Å². The van der Waals surface area contributed by atoms with Crippen molar-refractivity contribution in [3.8, 4) is 0 Å². The summed E-state index contributed by atoms with van der Waals surface area (Å²) in [5.41, 5.74) is 1.60. The van der Waals surface area contributed by atoms with Crippen molar-refractivity contribution in [2.45, 2.75) is 32.9 Å². The van der Waals surface area contributed by atoms with E-state index in [1.165, 1.54) is 6.07 Å². The number of aromatic nitrogens is 1. The summed E-state index contributed by atoms with van der Waals surface area (Å²) in [5.74, 6) is 0.648. The van der Waals surface area contributed by atoms with Gasteiger partial charge in [-0.25, -0.2) is 4.39 Å². The van der Waals surface area contributed by atoms with Gasteiger partial charge >= 0.3 is 0 Å². The molecule has 1 heterocycles. The molecular formula is C14H17FN2O. The lowest BCUT2D eigenvalue weighted by Crippen LogP contribution is -2.27. The summed E-state index contributed by atoms with van der Waals surface area (Å²) in [6.07, 6.45) is 0.653. The first kappa shape index (κ1) is 12.8. The first-order valence-corrected chi connectivity index (χ1v) is 6.04. The molecule has 1 aromatic heterocycles. The largest absolute Gasteiger partial charge is 0.360 e. The molecule has 4 heteroatoms. The summed E-state index contributed by atoms with van der Waals surface area (Å²) < 4.78 is 18.6. The van der Waals surface area contributed by atoms with Gasteiger partial charge in [0.2, 0.25) is 0 Å². The van der Waals surface area contributed by atoms with Crippen molar-refractivity contribution in [2.75, 3.05) is 0 Å². The molecule has 1 atom stereocenters. The van der Waals surface area contributed by atoms with Crippen molar-refractivity contribution in [3.05, 3.63) is 53.2 Å². The van der Waals surface area contributed by atoms with Crippen molar-refractivity contribution in [1.29, 1.82) is 0 Å². The van der Waals surface area contributed by atoms with Crippen molar-refractivity contribution in [1.82, 2.24) is 10.5 Å². The van der Waals surface area contributed by atoms with Crippen LogP contribution in [-0.4, -0.2) is 11.2 Å². The van der Waals surface area contributed by atoms with Crippen molar-refractivity contribution < 1.29 is 8.91 Å². The van der Waals surface area contributed by atoms with Gasteiger partial charge in [0.05, 0.1) is 12.2 Å². The van der Waals surface area contributed by atoms with Gasteiger partial charge < -0.3 is 9.84 Å². The van der Waals surface area contributed by atoms with Gasteiger partial charge in [-0.1, -0.05) is 23.4 Å². The molecule has 0 saturated carbocycles. The average Bonchev–Trinajstić information content (AvgIpc) is 2.76. The number of halogens is 1. The average molecular weight is 248 g/mol. The zero-order valence-electron chi connectivity index (χ0n) is 10.6. The zero-order chi connectivity index (χ0) is 13.0. The molecule has 3 nitrogen and oxygen atoms in total. The van der Waals surface area contributed by atoms with Crippen molar-refractivity contribution in [3.63, 3.8) is 0 Å². The summed E-state index contributed by atoms with van der Waals surface area (Å²) in [6.45, 7) is 4.52. The first-order chi connectivity index (χ1) is 8.65. The fourth-order valence-corrected chi connectivity index (χ4v) is 1.84. The van der Waals surface area contributed by atoms with E-state index in [1.54, 1.807) is 6.07 Å². The maximum Gasteiger partial charge on any atom is 0.150 e. The number of nitrogens with zero attached hydrogens (tertiary/aromatic N) is 1. The lowest BCUT2D eigenvalue weighted by molar-refractivity contribution is 0.361. The molecule has 0 aliphatic rings. The predicted molar refractivity (Wildman–Crippen MR) is 67.6 cm³/mol. The minimum Gasteiger partial charge on any atom is -0.360 e. The maximum atomic E-state index is 13.5. The van der Waals surface area contributed by atoms with Crippen LogP contribution in [0.15, 0.2) is 34.9 Å². The highest BCUT2D eigenvalue weighted by Crippen LogP contribution is 2.09. The monoisotopic (exact) mass is 248 g/mol. The molecule has 1 N–H and O–H groups in total. The lowest BCUT2D eigenvalue weighted by Gasteiger charge is -2.13. The Kier molecular flexibility index (Phi) is 4.10. The quantitative estimate of drug-likeness (QED) is 0.884. The van der Waals surface area contributed by atoms with Crippen LogP contribution < -0.4 is 5.32 Å². The first-order valence-electron chi connectivity index (χ1n) is 6.04. The molecule has 18 heavy (non-hydrogen) atoms. The Morgan fingerprint density at radius 2 is 2.17 bits per heavy atom. The highest BCUT2D eigenvalue weighted by atomic mass is 19.1. The number of rotatable bonds is 5. The predicted octanol–water partition coefficient (Wildman–Crippen LogP) is 2.84. The molecule has 0 bridgehead atoms. The van der Waals surface area contributed by atoms with Gasteiger partial charge in [0, 0.05) is 12.1 Å². The van der Waals surface area contributed by atoms with E-state index in [0.717, 1.165) is 17.0 Å². The van der Waals surface area contributed by atoms with E-state index in [0.29, 0.717) is 13.0 Å². The van der Waals surface area contributed by atoms with E-state index in [9.17, 15) is 4.39 Å². The molecule has 1 aromatic carbocycles. The number of aryl methyl sites for hydroxylation is 1. The van der Waals surface area contributed by atoms with Crippen LogP contribution in [0.5, 0.6) is 0 Å². The molecular weight excluding hydrogens is 231 g/mol. The Hall–Kier alpha value is -1.68. The number of nitrogens with one attached hydrogen (secondary N) is 1. The molecule has 0 radical (unpaired) electrons. The second-order valence-electron chi connectivity index (χ2n) is 4.51. The summed E-state index contributed by atoms with van der Waals surface area (Å²) >= 11 is 0. The Bertz CT molecular complexity index is 510. The number of hydrogen-bond acceptors (Lipinski definition) is 3. The second kappa shape index (κ2) is 5.78. The lowest BCUT2D eigenvalue weighted by atomic mass is 10.1. The highest BCUT2D eigenvalue weighted by molar-refractivity contribution is 5.18. The minimum absolute atomic E-state index is 0.151. The fraction of sp³-hybridized carbons (Fsp3) is 0.357. The van der Waals surface area contributed by atoms with Gasteiger partial charge in [-0.15, -0.1) is 0 Å². The molecule has 2 rings (SSSR count). The highest BCUT2D eigenvalue weighted by Gasteiger charge is 2.08. The van der Waals surface area contributed by atoms with Crippen LogP contribution in [-0.2, 0) is 13.0 Å². The summed E-state index contributed by atoms with van der Waals surface area (Å²) in [5, 5.41) is 7.11. The number of benzene rings is 1. The molecule has 0 spiro atoms. The second-order valence-corrected chi connectivity index (χ2v) is 4.51. The van der Waals surface area contributed by atoms with Crippen LogP contribution in [0.25, 0.3) is 0 Å². The van der Waals surface area contributed by atoms with Crippen LogP contribution >= 0.6 is 0 Å². The minimum atomic E-state index is -0.151. The van der Waals surface area contributed by atoms with Crippen LogP contribution in [0.3, 0.4) is 0 Å². The maximum absolute atomic E-state index is 13.5. The van der Waals surface area contributed by atoms with Gasteiger partial charge in [0.1, 0.15) is 5.82 Å². The summed E-state index contributed by atoms with van der Waals surface area (Å²) in [4.78, 5) is 0. The molecule has 0 saturated heterocycles. The van der Waals surface area contributed by atoms with Gasteiger partial charge in [-0.2, -0.15) is 0 Å². The Morgan fingerprint density at radius 3 is 2.83 bits per heavy atom. The molecule has 0 amide bonds. The van der Waals surface area contributed by atoms with Crippen LogP contribution in [0.4, 0.5) is 4.39 Å². The number of hydrogen-bond donors (Lipinski definition) is 1. The standard InChI is InChI=1S/C14H17FN2O/c1-10(7-12-5-3-4-6-14(12)15)16-9-13-8-11(2)17-18-13/h3-6,8,10,16H,7,9H2,1-2H3. The van der Waals surface area contributed by atoms with Crippen molar-refractivity contribution >= 4 is 0 Å². The molecule has 1 unspecified atom stereocenters. The van der Waals surface area contributed by atoms with E-state index in [4.69, 9.17) is 4.52 Å². The van der Waals surface area contributed by atoms with E-state index in [-0.39, 0.29) is 11.9 Å². The summed E-state index contributed by atoms with van der Waals surface area (Å²) in [7, 11) is 0. The summed E-state index contributed by atoms with van der Waals surface area (Å²) in [6, 6.07) is 8.92. The van der Waals surface area contributed by atoms with Gasteiger partial charge in [-0.3, -0.25) is 0 Å². The third-order valence-corrected chi connectivity index (χ3v) is 2.79. The zero-order valence-corrected chi connectivity index (χ0v) is 10.6. The van der Waals surface area contributed by atoms with Gasteiger partial charge in [0.25, 0.3) is 0 Å². The Balaban J connectivity index is 1.85. The smallest absolute Gasteiger partial charge is 0.150 e. The molecule has 0 aliphatic heterocycles. The van der Waals surface area contributed by atoms with Crippen molar-refractivity contribution in [2.24, 2.45) is 0 Å². The van der Waals surface area contributed by atoms with Gasteiger partial charge in [0.15, 0.2) is 5.76 Å². The van der Waals surface area contributed by atoms with Crippen LogP contribution in [0.1, 0.15) is 23.9 Å². The normalized spacial score (nSPS) is 12.6. The fourth-order valence-electron chi connectivity index (χ4n) is 1.84. The van der Waals surface area contributed by atoms with E-state index >= 15 is 0 Å².